The zero-order chi connectivity index (χ0) is 16.1. The van der Waals surface area contributed by atoms with Crippen molar-refractivity contribution < 1.29 is 14.4 Å². The minimum absolute atomic E-state index is 0.0608. The molecule has 1 aromatic carbocycles. The SMILES string of the molecule is NC(=O)c1cc(NC(=O)CCC(=O)c2cccs2)ccc1Cl. The van der Waals surface area contributed by atoms with Gasteiger partial charge < -0.3 is 11.1 Å². The van der Waals surface area contributed by atoms with Crippen LogP contribution in [-0.2, 0) is 4.79 Å². The number of hydrogen-bond acceptors (Lipinski definition) is 4. The van der Waals surface area contributed by atoms with Gasteiger partial charge in [0.2, 0.25) is 11.8 Å². The van der Waals surface area contributed by atoms with Crippen LogP contribution >= 0.6 is 22.9 Å². The molecule has 3 N–H and O–H groups in total. The van der Waals surface area contributed by atoms with Gasteiger partial charge in [-0.3, -0.25) is 14.4 Å². The van der Waals surface area contributed by atoms with E-state index in [4.69, 9.17) is 17.3 Å². The highest BCUT2D eigenvalue weighted by atomic mass is 35.5. The van der Waals surface area contributed by atoms with Crippen LogP contribution in [0.5, 0.6) is 0 Å². The van der Waals surface area contributed by atoms with Gasteiger partial charge in [0, 0.05) is 18.5 Å². The molecule has 22 heavy (non-hydrogen) atoms. The van der Waals surface area contributed by atoms with Crippen molar-refractivity contribution in [1.29, 1.82) is 0 Å². The Labute approximate surface area is 136 Å². The van der Waals surface area contributed by atoms with Crippen LogP contribution in [-0.4, -0.2) is 17.6 Å². The first-order chi connectivity index (χ1) is 10.5. The van der Waals surface area contributed by atoms with Crippen LogP contribution in [0.15, 0.2) is 35.7 Å². The van der Waals surface area contributed by atoms with E-state index >= 15 is 0 Å². The van der Waals surface area contributed by atoms with Gasteiger partial charge in [-0.2, -0.15) is 0 Å². The fourth-order valence-electron chi connectivity index (χ4n) is 1.80. The Hall–Kier alpha value is -2.18. The number of amides is 2. The summed E-state index contributed by atoms with van der Waals surface area (Å²) in [7, 11) is 0. The lowest BCUT2D eigenvalue weighted by atomic mass is 10.1. The molecule has 1 heterocycles. The number of Topliss-reactive ketones (excluding diaryl/α,β-unsaturated/α-hetero) is 1. The fourth-order valence-corrected chi connectivity index (χ4v) is 2.71. The summed E-state index contributed by atoms with van der Waals surface area (Å²) in [6.45, 7) is 0. The van der Waals surface area contributed by atoms with E-state index in [0.717, 1.165) is 0 Å². The second-order valence-corrected chi connectivity index (χ2v) is 5.86. The second kappa shape index (κ2) is 7.20. The van der Waals surface area contributed by atoms with Crippen LogP contribution in [0.2, 0.25) is 5.02 Å². The summed E-state index contributed by atoms with van der Waals surface area (Å²) in [5, 5.41) is 4.64. The number of carbonyl (C=O) groups excluding carboxylic acids is 3. The molecule has 0 aliphatic carbocycles. The Morgan fingerprint density at radius 3 is 2.59 bits per heavy atom. The van der Waals surface area contributed by atoms with Crippen molar-refractivity contribution in [3.63, 3.8) is 0 Å². The van der Waals surface area contributed by atoms with Crippen molar-refractivity contribution in [3.8, 4) is 0 Å². The van der Waals surface area contributed by atoms with Crippen LogP contribution in [0.1, 0.15) is 32.9 Å². The molecule has 5 nitrogen and oxygen atoms in total. The van der Waals surface area contributed by atoms with Gasteiger partial charge in [-0.1, -0.05) is 17.7 Å². The highest BCUT2D eigenvalue weighted by Crippen LogP contribution is 2.20. The zero-order valence-corrected chi connectivity index (χ0v) is 13.0. The van der Waals surface area contributed by atoms with Crippen LogP contribution in [0, 0.1) is 0 Å². The number of nitrogens with one attached hydrogen (secondary N) is 1. The minimum Gasteiger partial charge on any atom is -0.366 e. The Morgan fingerprint density at radius 2 is 1.95 bits per heavy atom. The van der Waals surface area contributed by atoms with Gasteiger partial charge in [-0.15, -0.1) is 11.3 Å². The first-order valence-corrected chi connectivity index (χ1v) is 7.69. The van der Waals surface area contributed by atoms with E-state index in [1.165, 1.54) is 23.5 Å². The molecule has 0 fully saturated rings. The van der Waals surface area contributed by atoms with E-state index in [9.17, 15) is 14.4 Å². The zero-order valence-electron chi connectivity index (χ0n) is 11.5. The molecule has 0 aliphatic rings. The number of ketones is 1. The molecular weight excluding hydrogens is 324 g/mol. The molecule has 0 spiro atoms. The molecule has 0 unspecified atom stereocenters. The number of benzene rings is 1. The number of rotatable bonds is 6. The molecule has 0 aliphatic heterocycles. The second-order valence-electron chi connectivity index (χ2n) is 4.51. The average Bonchev–Trinajstić information content (AvgIpc) is 3.01. The largest absolute Gasteiger partial charge is 0.366 e. The van der Waals surface area contributed by atoms with Gasteiger partial charge in [0.1, 0.15) is 0 Å². The van der Waals surface area contributed by atoms with Crippen LogP contribution in [0.4, 0.5) is 5.69 Å². The molecule has 114 valence electrons. The lowest BCUT2D eigenvalue weighted by molar-refractivity contribution is -0.116. The normalized spacial score (nSPS) is 10.2. The van der Waals surface area contributed by atoms with Crippen LogP contribution < -0.4 is 11.1 Å². The molecule has 0 saturated carbocycles. The smallest absolute Gasteiger partial charge is 0.250 e. The molecular formula is C15H13ClN2O3S. The molecule has 2 rings (SSSR count). The maximum absolute atomic E-state index is 11.8. The molecule has 2 amide bonds. The topological polar surface area (TPSA) is 89.3 Å². The minimum atomic E-state index is -0.672. The number of carbonyl (C=O) groups is 3. The van der Waals surface area contributed by atoms with Gasteiger partial charge >= 0.3 is 0 Å². The predicted molar refractivity (Wildman–Crippen MR) is 86.5 cm³/mol. The standard InChI is InChI=1S/C15H13ClN2O3S/c16-11-4-3-9(8-10(11)15(17)21)18-14(20)6-5-12(19)13-2-1-7-22-13/h1-4,7-8H,5-6H2,(H2,17,21)(H,18,20). The third-order valence-corrected chi connectivity index (χ3v) is 4.13. The Morgan fingerprint density at radius 1 is 1.18 bits per heavy atom. The van der Waals surface area contributed by atoms with Gasteiger partial charge in [0.15, 0.2) is 5.78 Å². The number of anilines is 1. The first-order valence-electron chi connectivity index (χ1n) is 6.43. The number of nitrogens with two attached hydrogens (primary N) is 1. The molecule has 0 bridgehead atoms. The molecule has 0 atom stereocenters. The summed E-state index contributed by atoms with van der Waals surface area (Å²) in [4.78, 5) is 35.5. The molecule has 7 heteroatoms. The van der Waals surface area contributed by atoms with Gasteiger partial charge in [-0.05, 0) is 29.6 Å². The lowest BCUT2D eigenvalue weighted by Gasteiger charge is -2.07. The summed E-state index contributed by atoms with van der Waals surface area (Å²) in [5.74, 6) is -1.06. The quantitative estimate of drug-likeness (QED) is 0.794. The van der Waals surface area contributed by atoms with E-state index in [-0.39, 0.29) is 35.1 Å². The maximum Gasteiger partial charge on any atom is 0.250 e. The molecule has 0 saturated heterocycles. The van der Waals surface area contributed by atoms with Crippen LogP contribution in [0.25, 0.3) is 0 Å². The van der Waals surface area contributed by atoms with Crippen LogP contribution in [0.3, 0.4) is 0 Å². The van der Waals surface area contributed by atoms with E-state index in [1.54, 1.807) is 18.2 Å². The summed E-state index contributed by atoms with van der Waals surface area (Å²) < 4.78 is 0. The number of thiophene rings is 1. The van der Waals surface area contributed by atoms with Crippen molar-refractivity contribution in [2.24, 2.45) is 5.73 Å². The van der Waals surface area contributed by atoms with Crippen molar-refractivity contribution in [2.75, 3.05) is 5.32 Å². The lowest BCUT2D eigenvalue weighted by Crippen LogP contribution is -2.15. The van der Waals surface area contributed by atoms with E-state index in [2.05, 4.69) is 5.32 Å². The predicted octanol–water partition coefficient (Wildman–Crippen LogP) is 3.10. The monoisotopic (exact) mass is 336 g/mol. The average molecular weight is 337 g/mol. The van der Waals surface area contributed by atoms with E-state index in [0.29, 0.717) is 10.6 Å². The molecule has 0 radical (unpaired) electrons. The summed E-state index contributed by atoms with van der Waals surface area (Å²) >= 11 is 7.18. The van der Waals surface area contributed by atoms with E-state index in [1.807, 2.05) is 5.38 Å². The summed E-state index contributed by atoms with van der Waals surface area (Å²) in [6, 6.07) is 7.96. The number of halogens is 1. The van der Waals surface area contributed by atoms with Gasteiger partial charge in [-0.25, -0.2) is 0 Å². The highest BCUT2D eigenvalue weighted by molar-refractivity contribution is 7.12. The maximum atomic E-state index is 11.8. The third kappa shape index (κ3) is 4.16. The van der Waals surface area contributed by atoms with Gasteiger partial charge in [0.05, 0.1) is 15.5 Å². The van der Waals surface area contributed by atoms with Crippen molar-refractivity contribution in [3.05, 3.63) is 51.2 Å². The fraction of sp³-hybridized carbons (Fsp3) is 0.133. The molecule has 1 aromatic heterocycles. The molecule has 2 aromatic rings. The Balaban J connectivity index is 1.93. The van der Waals surface area contributed by atoms with Gasteiger partial charge in [0.25, 0.3) is 0 Å². The number of hydrogen-bond donors (Lipinski definition) is 2. The van der Waals surface area contributed by atoms with Crippen molar-refractivity contribution in [1.82, 2.24) is 0 Å². The van der Waals surface area contributed by atoms with E-state index < -0.39 is 5.91 Å². The van der Waals surface area contributed by atoms with Crippen molar-refractivity contribution >= 4 is 46.2 Å². The Bertz CT molecular complexity index is 714. The van der Waals surface area contributed by atoms with Crippen molar-refractivity contribution in [2.45, 2.75) is 12.8 Å². The highest BCUT2D eigenvalue weighted by Gasteiger charge is 2.12. The Kier molecular flexibility index (Phi) is 5.30. The summed E-state index contributed by atoms with van der Waals surface area (Å²) in [5.41, 5.74) is 5.73. The third-order valence-electron chi connectivity index (χ3n) is 2.89. The number of primary amides is 1. The summed E-state index contributed by atoms with van der Waals surface area (Å²) in [6.07, 6.45) is 0.188. The first kappa shape index (κ1) is 16.2.